The highest BCUT2D eigenvalue weighted by Crippen LogP contribution is 2.17. The largest absolute Gasteiger partial charge is 0.307 e. The van der Waals surface area contributed by atoms with Crippen molar-refractivity contribution in [2.24, 2.45) is 0 Å². The van der Waals surface area contributed by atoms with Gasteiger partial charge in [0.15, 0.2) is 0 Å². The van der Waals surface area contributed by atoms with Crippen LogP contribution < -0.4 is 5.32 Å². The molecule has 2 aromatic heterocycles. The second kappa shape index (κ2) is 5.78. The van der Waals surface area contributed by atoms with Crippen LogP contribution in [-0.2, 0) is 6.42 Å². The number of hydrogen-bond donors (Lipinski definition) is 1. The summed E-state index contributed by atoms with van der Waals surface area (Å²) in [7, 11) is 0. The second-order valence-electron chi connectivity index (χ2n) is 4.22. The van der Waals surface area contributed by atoms with Crippen molar-refractivity contribution < 1.29 is 4.79 Å². The smallest absolute Gasteiger partial charge is 0.257 e. The molecule has 2 aromatic rings. The highest BCUT2D eigenvalue weighted by Gasteiger charge is 2.09. The van der Waals surface area contributed by atoms with Gasteiger partial charge in [-0.2, -0.15) is 0 Å². The van der Waals surface area contributed by atoms with Crippen LogP contribution in [-0.4, -0.2) is 10.9 Å². The monoisotopic (exact) mass is 260 g/mol. The molecule has 0 aliphatic rings. The molecule has 0 bridgehead atoms. The zero-order valence-corrected chi connectivity index (χ0v) is 11.4. The van der Waals surface area contributed by atoms with Crippen molar-refractivity contribution in [3.63, 3.8) is 0 Å². The van der Waals surface area contributed by atoms with E-state index in [2.05, 4.69) is 17.2 Å². The third-order valence-corrected chi connectivity index (χ3v) is 3.57. The van der Waals surface area contributed by atoms with Crippen LogP contribution >= 0.6 is 11.3 Å². The molecule has 0 aliphatic carbocycles. The summed E-state index contributed by atoms with van der Waals surface area (Å²) in [4.78, 5) is 17.4. The van der Waals surface area contributed by atoms with Crippen LogP contribution in [0.25, 0.3) is 0 Å². The van der Waals surface area contributed by atoms with Gasteiger partial charge in [-0.3, -0.25) is 4.79 Å². The summed E-state index contributed by atoms with van der Waals surface area (Å²) in [5, 5.41) is 4.71. The quantitative estimate of drug-likeness (QED) is 0.911. The lowest BCUT2D eigenvalue weighted by molar-refractivity contribution is 0.102. The van der Waals surface area contributed by atoms with E-state index < -0.39 is 0 Å². The number of pyridine rings is 1. The fourth-order valence-electron chi connectivity index (χ4n) is 1.67. The van der Waals surface area contributed by atoms with E-state index >= 15 is 0 Å². The first kappa shape index (κ1) is 12.8. The molecular formula is C14H16N2OS. The Morgan fingerprint density at radius 1 is 1.44 bits per heavy atom. The van der Waals surface area contributed by atoms with E-state index in [1.165, 1.54) is 4.88 Å². The third-order valence-electron chi connectivity index (χ3n) is 2.57. The van der Waals surface area contributed by atoms with Crippen LogP contribution in [0.15, 0.2) is 29.8 Å². The Morgan fingerprint density at radius 2 is 2.28 bits per heavy atom. The average Bonchev–Trinajstić information content (AvgIpc) is 2.78. The molecule has 2 heterocycles. The molecule has 0 aliphatic heterocycles. The van der Waals surface area contributed by atoms with E-state index in [4.69, 9.17) is 0 Å². The van der Waals surface area contributed by atoms with E-state index in [0.29, 0.717) is 11.4 Å². The van der Waals surface area contributed by atoms with Crippen LogP contribution in [0.2, 0.25) is 0 Å². The molecule has 0 saturated heterocycles. The van der Waals surface area contributed by atoms with Crippen molar-refractivity contribution in [3.8, 4) is 0 Å². The molecule has 1 amide bonds. The number of amides is 1. The van der Waals surface area contributed by atoms with Gasteiger partial charge < -0.3 is 5.32 Å². The Balaban J connectivity index is 2.07. The van der Waals surface area contributed by atoms with Gasteiger partial charge >= 0.3 is 0 Å². The van der Waals surface area contributed by atoms with Crippen molar-refractivity contribution in [3.05, 3.63) is 45.8 Å². The minimum Gasteiger partial charge on any atom is -0.307 e. The highest BCUT2D eigenvalue weighted by atomic mass is 32.1. The lowest BCUT2D eigenvalue weighted by Gasteiger charge is -2.03. The predicted octanol–water partition coefficient (Wildman–Crippen LogP) is 3.66. The SMILES string of the molecule is CCCc1cc(C(=O)Nc2cc(C)ccn2)cs1. The summed E-state index contributed by atoms with van der Waals surface area (Å²) in [6.45, 7) is 4.11. The summed E-state index contributed by atoms with van der Waals surface area (Å²) >= 11 is 1.63. The normalized spacial score (nSPS) is 10.3. The molecule has 18 heavy (non-hydrogen) atoms. The Morgan fingerprint density at radius 3 is 3.00 bits per heavy atom. The van der Waals surface area contributed by atoms with Gasteiger partial charge in [-0.15, -0.1) is 11.3 Å². The molecule has 3 nitrogen and oxygen atoms in total. The number of aryl methyl sites for hydroxylation is 2. The Labute approximate surface area is 111 Å². The van der Waals surface area contributed by atoms with E-state index in [1.54, 1.807) is 17.5 Å². The van der Waals surface area contributed by atoms with E-state index in [0.717, 1.165) is 18.4 Å². The summed E-state index contributed by atoms with van der Waals surface area (Å²) in [5.41, 5.74) is 1.80. The maximum atomic E-state index is 12.0. The molecule has 1 N–H and O–H groups in total. The lowest BCUT2D eigenvalue weighted by atomic mass is 10.2. The van der Waals surface area contributed by atoms with Gasteiger partial charge in [-0.1, -0.05) is 13.3 Å². The van der Waals surface area contributed by atoms with Gasteiger partial charge in [-0.25, -0.2) is 4.98 Å². The molecule has 0 fully saturated rings. The molecule has 0 spiro atoms. The number of carbonyl (C=O) groups excluding carboxylic acids is 1. The number of nitrogens with zero attached hydrogens (tertiary/aromatic N) is 1. The average molecular weight is 260 g/mol. The number of hydrogen-bond acceptors (Lipinski definition) is 3. The lowest BCUT2D eigenvalue weighted by Crippen LogP contribution is -2.12. The maximum Gasteiger partial charge on any atom is 0.257 e. The Bertz CT molecular complexity index is 548. The number of nitrogens with one attached hydrogen (secondary N) is 1. The molecule has 0 radical (unpaired) electrons. The minimum atomic E-state index is -0.0910. The van der Waals surface area contributed by atoms with Crippen LogP contribution in [0.3, 0.4) is 0 Å². The van der Waals surface area contributed by atoms with Crippen LogP contribution in [0.4, 0.5) is 5.82 Å². The fraction of sp³-hybridized carbons (Fsp3) is 0.286. The second-order valence-corrected chi connectivity index (χ2v) is 5.22. The first-order valence-electron chi connectivity index (χ1n) is 6.00. The number of thiophene rings is 1. The number of carbonyl (C=O) groups is 1. The molecule has 0 atom stereocenters. The topological polar surface area (TPSA) is 42.0 Å². The maximum absolute atomic E-state index is 12.0. The van der Waals surface area contributed by atoms with Crippen LogP contribution in [0.1, 0.15) is 34.1 Å². The molecule has 2 rings (SSSR count). The third kappa shape index (κ3) is 3.17. The van der Waals surface area contributed by atoms with E-state index in [9.17, 15) is 4.79 Å². The standard InChI is InChI=1S/C14H16N2OS/c1-3-4-12-8-11(9-18-12)14(17)16-13-7-10(2)5-6-15-13/h5-9H,3-4H2,1-2H3,(H,15,16,17). The minimum absolute atomic E-state index is 0.0910. The molecule has 0 aromatic carbocycles. The first-order chi connectivity index (χ1) is 8.69. The van der Waals surface area contributed by atoms with Crippen molar-refractivity contribution in [2.75, 3.05) is 5.32 Å². The van der Waals surface area contributed by atoms with Gasteiger partial charge in [0.05, 0.1) is 5.56 Å². The van der Waals surface area contributed by atoms with E-state index in [-0.39, 0.29) is 5.91 Å². The summed E-state index contributed by atoms with van der Waals surface area (Å²) in [6, 6.07) is 5.72. The zero-order chi connectivity index (χ0) is 13.0. The van der Waals surface area contributed by atoms with Gasteiger partial charge in [-0.05, 0) is 37.1 Å². The van der Waals surface area contributed by atoms with Crippen LogP contribution in [0, 0.1) is 6.92 Å². The Kier molecular flexibility index (Phi) is 4.10. The van der Waals surface area contributed by atoms with Crippen molar-refractivity contribution in [1.29, 1.82) is 0 Å². The molecule has 0 unspecified atom stereocenters. The molecule has 0 saturated carbocycles. The number of anilines is 1. The molecular weight excluding hydrogens is 244 g/mol. The van der Waals surface area contributed by atoms with Crippen molar-refractivity contribution in [2.45, 2.75) is 26.7 Å². The van der Waals surface area contributed by atoms with Gasteiger partial charge in [0.2, 0.25) is 0 Å². The first-order valence-corrected chi connectivity index (χ1v) is 6.88. The highest BCUT2D eigenvalue weighted by molar-refractivity contribution is 7.10. The van der Waals surface area contributed by atoms with Crippen molar-refractivity contribution >= 4 is 23.1 Å². The molecule has 94 valence electrons. The van der Waals surface area contributed by atoms with Crippen molar-refractivity contribution in [1.82, 2.24) is 4.98 Å². The molecule has 4 heteroatoms. The van der Waals surface area contributed by atoms with Gasteiger partial charge in [0, 0.05) is 16.5 Å². The summed E-state index contributed by atoms with van der Waals surface area (Å²) in [5.74, 6) is 0.509. The zero-order valence-electron chi connectivity index (χ0n) is 10.6. The fourth-order valence-corrected chi connectivity index (χ4v) is 2.64. The number of aromatic nitrogens is 1. The predicted molar refractivity (Wildman–Crippen MR) is 75.2 cm³/mol. The van der Waals surface area contributed by atoms with Crippen LogP contribution in [0.5, 0.6) is 0 Å². The number of rotatable bonds is 4. The van der Waals surface area contributed by atoms with Gasteiger partial charge in [0.1, 0.15) is 5.82 Å². The summed E-state index contributed by atoms with van der Waals surface area (Å²) < 4.78 is 0. The summed E-state index contributed by atoms with van der Waals surface area (Å²) in [6.07, 6.45) is 3.82. The van der Waals surface area contributed by atoms with E-state index in [1.807, 2.05) is 30.5 Å². The van der Waals surface area contributed by atoms with Gasteiger partial charge in [0.25, 0.3) is 5.91 Å². The Hall–Kier alpha value is -1.68.